The van der Waals surface area contributed by atoms with E-state index in [1.165, 1.54) is 0 Å². The van der Waals surface area contributed by atoms with Crippen LogP contribution in [0.4, 0.5) is 0 Å². The first-order valence-corrected chi connectivity index (χ1v) is 8.48. The number of rotatable bonds is 4. The topological polar surface area (TPSA) is 22.1 Å². The summed E-state index contributed by atoms with van der Waals surface area (Å²) in [4.78, 5) is 4.33. The zero-order chi connectivity index (χ0) is 14.7. The van der Waals surface area contributed by atoms with Gasteiger partial charge in [-0.2, -0.15) is 0 Å². The van der Waals surface area contributed by atoms with Crippen LogP contribution in [0.15, 0.2) is 59.2 Å². The van der Waals surface area contributed by atoms with E-state index in [0.29, 0.717) is 6.61 Å². The van der Waals surface area contributed by atoms with E-state index in [2.05, 4.69) is 61.1 Å². The summed E-state index contributed by atoms with van der Waals surface area (Å²) in [6.07, 6.45) is 1.81. The van der Waals surface area contributed by atoms with E-state index >= 15 is 0 Å². The summed E-state index contributed by atoms with van der Waals surface area (Å²) in [5.41, 5.74) is 3.27. The highest BCUT2D eigenvalue weighted by atomic mass is 79.9. The summed E-state index contributed by atoms with van der Waals surface area (Å²) in [6.45, 7) is 0.548. The fourth-order valence-electron chi connectivity index (χ4n) is 2.17. The van der Waals surface area contributed by atoms with Crippen LogP contribution in [0.5, 0.6) is 5.75 Å². The summed E-state index contributed by atoms with van der Waals surface area (Å²) in [7, 11) is 0. The van der Waals surface area contributed by atoms with Crippen molar-refractivity contribution in [3.63, 3.8) is 0 Å². The fourth-order valence-corrected chi connectivity index (χ4v) is 3.02. The predicted molar refractivity (Wildman–Crippen MR) is 92.8 cm³/mol. The van der Waals surface area contributed by atoms with Gasteiger partial charge in [-0.25, -0.2) is 0 Å². The average molecular weight is 407 g/mol. The molecule has 0 bridgehead atoms. The molecule has 21 heavy (non-hydrogen) atoms. The summed E-state index contributed by atoms with van der Waals surface area (Å²) in [5, 5.41) is 1.90. The van der Waals surface area contributed by atoms with Crippen molar-refractivity contribution in [1.82, 2.24) is 4.98 Å². The quantitative estimate of drug-likeness (QED) is 0.536. The third-order valence-electron chi connectivity index (χ3n) is 3.23. The molecule has 1 aromatic heterocycles. The molecule has 0 fully saturated rings. The Morgan fingerprint density at radius 2 is 1.95 bits per heavy atom. The molecule has 0 aliphatic rings. The molecule has 0 aliphatic heterocycles. The maximum Gasteiger partial charge on any atom is 0.123 e. The lowest BCUT2D eigenvalue weighted by atomic mass is 10.1. The maximum absolute atomic E-state index is 5.95. The summed E-state index contributed by atoms with van der Waals surface area (Å²) < 4.78 is 7.00. The van der Waals surface area contributed by atoms with Crippen molar-refractivity contribution in [3.05, 3.63) is 70.3 Å². The Morgan fingerprint density at radius 1 is 1.05 bits per heavy atom. The minimum absolute atomic E-state index is 0.548. The molecule has 3 aromatic rings. The van der Waals surface area contributed by atoms with E-state index in [9.17, 15) is 0 Å². The highest BCUT2D eigenvalue weighted by Gasteiger charge is 2.04. The summed E-state index contributed by atoms with van der Waals surface area (Å²) in [6, 6.07) is 16.3. The van der Waals surface area contributed by atoms with Gasteiger partial charge in [0.25, 0.3) is 0 Å². The van der Waals surface area contributed by atoms with Crippen molar-refractivity contribution in [2.75, 3.05) is 0 Å². The second kappa shape index (κ2) is 6.58. The van der Waals surface area contributed by atoms with E-state index in [-0.39, 0.29) is 0 Å². The molecule has 2 aromatic carbocycles. The van der Waals surface area contributed by atoms with Gasteiger partial charge in [-0.05, 0) is 42.0 Å². The number of alkyl halides is 1. The lowest BCUT2D eigenvalue weighted by Gasteiger charge is -2.11. The molecule has 0 aliphatic carbocycles. The van der Waals surface area contributed by atoms with Crippen LogP contribution in [0.25, 0.3) is 10.9 Å². The first kappa shape index (κ1) is 14.5. The number of benzene rings is 2. The van der Waals surface area contributed by atoms with E-state index < -0.39 is 0 Å². The van der Waals surface area contributed by atoms with Crippen molar-refractivity contribution in [2.45, 2.75) is 11.9 Å². The van der Waals surface area contributed by atoms with E-state index in [1.807, 2.05) is 30.5 Å². The molecule has 0 unspecified atom stereocenters. The number of aromatic nitrogens is 1. The smallest absolute Gasteiger partial charge is 0.123 e. The SMILES string of the molecule is BrCc1cc(Br)ccc1OCc1ccc2ncccc2c1. The Balaban J connectivity index is 1.80. The van der Waals surface area contributed by atoms with Crippen molar-refractivity contribution < 1.29 is 4.74 Å². The van der Waals surface area contributed by atoms with Gasteiger partial charge < -0.3 is 4.74 Å². The van der Waals surface area contributed by atoms with Crippen LogP contribution in [0, 0.1) is 0 Å². The van der Waals surface area contributed by atoms with Gasteiger partial charge in [0.15, 0.2) is 0 Å². The minimum atomic E-state index is 0.548. The lowest BCUT2D eigenvalue weighted by molar-refractivity contribution is 0.304. The van der Waals surface area contributed by atoms with Crippen molar-refractivity contribution in [1.29, 1.82) is 0 Å². The third-order valence-corrected chi connectivity index (χ3v) is 4.33. The van der Waals surface area contributed by atoms with Gasteiger partial charge in [0.05, 0.1) is 5.52 Å². The van der Waals surface area contributed by atoms with Crippen LogP contribution in [-0.4, -0.2) is 4.98 Å². The molecule has 0 amide bonds. The number of ether oxygens (including phenoxy) is 1. The number of halogens is 2. The molecule has 0 saturated carbocycles. The summed E-state index contributed by atoms with van der Waals surface area (Å²) in [5.74, 6) is 0.904. The fraction of sp³-hybridized carbons (Fsp3) is 0.118. The van der Waals surface area contributed by atoms with E-state index in [4.69, 9.17) is 4.74 Å². The molecule has 0 radical (unpaired) electrons. The molecule has 106 valence electrons. The van der Waals surface area contributed by atoms with Gasteiger partial charge >= 0.3 is 0 Å². The van der Waals surface area contributed by atoms with E-state index in [1.54, 1.807) is 0 Å². The maximum atomic E-state index is 5.95. The second-order valence-corrected chi connectivity index (χ2v) is 6.18. The minimum Gasteiger partial charge on any atom is -0.489 e. The number of pyridine rings is 1. The van der Waals surface area contributed by atoms with Crippen molar-refractivity contribution in [2.24, 2.45) is 0 Å². The molecular formula is C17H13Br2NO. The van der Waals surface area contributed by atoms with Crippen LogP contribution >= 0.6 is 31.9 Å². The first-order chi connectivity index (χ1) is 10.3. The summed E-state index contributed by atoms with van der Waals surface area (Å²) >= 11 is 6.97. The number of fused-ring (bicyclic) bond motifs is 1. The van der Waals surface area contributed by atoms with Crippen LogP contribution in [-0.2, 0) is 11.9 Å². The van der Waals surface area contributed by atoms with E-state index in [0.717, 1.165) is 37.6 Å². The zero-order valence-electron chi connectivity index (χ0n) is 11.2. The standard InChI is InChI=1S/C17H13Br2NO/c18-10-14-9-15(19)4-6-17(14)21-11-12-3-5-16-13(8-12)2-1-7-20-16/h1-9H,10-11H2. The molecule has 3 rings (SSSR count). The molecule has 2 nitrogen and oxygen atoms in total. The second-order valence-electron chi connectivity index (χ2n) is 4.70. The lowest BCUT2D eigenvalue weighted by Crippen LogP contribution is -1.98. The number of hydrogen-bond acceptors (Lipinski definition) is 2. The zero-order valence-corrected chi connectivity index (χ0v) is 14.4. The predicted octanol–water partition coefficient (Wildman–Crippen LogP) is 5.47. The third kappa shape index (κ3) is 3.44. The Labute approximate surface area is 140 Å². The number of hydrogen-bond donors (Lipinski definition) is 0. The molecule has 0 saturated heterocycles. The van der Waals surface area contributed by atoms with Gasteiger partial charge in [-0.3, -0.25) is 4.98 Å². The monoisotopic (exact) mass is 405 g/mol. The largest absolute Gasteiger partial charge is 0.489 e. The van der Waals surface area contributed by atoms with Gasteiger partial charge in [0.2, 0.25) is 0 Å². The molecule has 0 atom stereocenters. The Morgan fingerprint density at radius 3 is 2.81 bits per heavy atom. The Kier molecular flexibility index (Phi) is 4.56. The molecule has 0 spiro atoms. The number of nitrogens with zero attached hydrogens (tertiary/aromatic N) is 1. The molecule has 0 N–H and O–H groups in total. The molecular weight excluding hydrogens is 394 g/mol. The van der Waals surface area contributed by atoms with Crippen LogP contribution in [0.1, 0.15) is 11.1 Å². The Hall–Kier alpha value is -1.39. The normalized spacial score (nSPS) is 10.8. The molecule has 1 heterocycles. The highest BCUT2D eigenvalue weighted by molar-refractivity contribution is 9.10. The van der Waals surface area contributed by atoms with Crippen LogP contribution in [0.2, 0.25) is 0 Å². The van der Waals surface area contributed by atoms with Gasteiger partial charge in [0, 0.05) is 26.9 Å². The first-order valence-electron chi connectivity index (χ1n) is 6.57. The van der Waals surface area contributed by atoms with Crippen molar-refractivity contribution in [3.8, 4) is 5.75 Å². The van der Waals surface area contributed by atoms with Crippen molar-refractivity contribution >= 4 is 42.8 Å². The van der Waals surface area contributed by atoms with Gasteiger partial charge in [0.1, 0.15) is 12.4 Å². The Bertz CT molecular complexity index is 774. The molecule has 4 heteroatoms. The van der Waals surface area contributed by atoms with Crippen LogP contribution in [0.3, 0.4) is 0 Å². The average Bonchev–Trinajstić information content (AvgIpc) is 2.53. The van der Waals surface area contributed by atoms with Gasteiger partial charge in [-0.1, -0.05) is 44.0 Å². The van der Waals surface area contributed by atoms with Gasteiger partial charge in [-0.15, -0.1) is 0 Å². The van der Waals surface area contributed by atoms with Crippen LogP contribution < -0.4 is 4.74 Å². The highest BCUT2D eigenvalue weighted by Crippen LogP contribution is 2.26.